The zero-order chi connectivity index (χ0) is 19.0. The van der Waals surface area contributed by atoms with Gasteiger partial charge in [-0.05, 0) is 35.8 Å². The van der Waals surface area contributed by atoms with Gasteiger partial charge < -0.3 is 9.88 Å². The summed E-state index contributed by atoms with van der Waals surface area (Å²) in [7, 11) is 0. The highest BCUT2D eigenvalue weighted by molar-refractivity contribution is 5.79. The predicted molar refractivity (Wildman–Crippen MR) is 104 cm³/mol. The van der Waals surface area contributed by atoms with Crippen molar-refractivity contribution < 1.29 is 4.79 Å². The summed E-state index contributed by atoms with van der Waals surface area (Å²) in [5.41, 5.74) is 3.53. The van der Waals surface area contributed by atoms with E-state index in [1.54, 1.807) is 0 Å². The Morgan fingerprint density at radius 2 is 2.11 bits per heavy atom. The van der Waals surface area contributed by atoms with E-state index in [0.29, 0.717) is 31.5 Å². The molecule has 3 heterocycles. The Morgan fingerprint density at radius 3 is 2.96 bits per heavy atom. The van der Waals surface area contributed by atoms with Crippen molar-refractivity contribution in [1.29, 1.82) is 0 Å². The third kappa shape index (κ3) is 3.65. The summed E-state index contributed by atoms with van der Waals surface area (Å²) in [6.07, 6.45) is 3.44. The first-order valence-electron chi connectivity index (χ1n) is 9.31. The van der Waals surface area contributed by atoms with Crippen molar-refractivity contribution in [3.63, 3.8) is 0 Å². The number of H-pyrrole nitrogens is 2. The number of fused-ring (bicyclic) bond motifs is 2. The van der Waals surface area contributed by atoms with Crippen molar-refractivity contribution in [2.24, 2.45) is 5.41 Å². The number of pyridine rings is 1. The molecule has 140 valence electrons. The quantitative estimate of drug-likeness (QED) is 0.750. The largest absolute Gasteiger partial charge is 0.338 e. The molecule has 0 fully saturated rings. The maximum absolute atomic E-state index is 12.9. The molecule has 1 aromatic carbocycles. The number of para-hydroxylation sites is 1. The van der Waals surface area contributed by atoms with E-state index in [1.807, 2.05) is 41.4 Å². The number of aromatic amines is 2. The van der Waals surface area contributed by atoms with Gasteiger partial charge in [0.2, 0.25) is 5.91 Å². The maximum atomic E-state index is 12.9. The number of hydrogen-bond acceptors (Lipinski definition) is 3. The van der Waals surface area contributed by atoms with Crippen LogP contribution >= 0.6 is 0 Å². The first kappa shape index (κ1) is 17.5. The van der Waals surface area contributed by atoms with Crippen LogP contribution in [0.1, 0.15) is 37.1 Å². The third-order valence-electron chi connectivity index (χ3n) is 5.23. The summed E-state index contributed by atoms with van der Waals surface area (Å²) in [4.78, 5) is 30.0. The van der Waals surface area contributed by atoms with Crippen molar-refractivity contribution >= 4 is 16.8 Å². The molecule has 0 unspecified atom stereocenters. The normalized spacial score (nSPS) is 16.1. The van der Waals surface area contributed by atoms with Gasteiger partial charge in [0.25, 0.3) is 5.56 Å². The molecule has 0 bridgehead atoms. The average Bonchev–Trinajstić information content (AvgIpc) is 2.99. The molecule has 3 aromatic rings. The SMILES string of the molecule is CC1(C)Cc2[nH]ncc2CN(C(=O)CCc2cc3ccccc3[nH]c2=O)C1. The van der Waals surface area contributed by atoms with Crippen LogP contribution in [-0.2, 0) is 24.2 Å². The van der Waals surface area contributed by atoms with Gasteiger partial charge in [-0.1, -0.05) is 32.0 Å². The van der Waals surface area contributed by atoms with E-state index in [2.05, 4.69) is 29.0 Å². The molecule has 6 heteroatoms. The van der Waals surface area contributed by atoms with Crippen molar-refractivity contribution in [2.75, 3.05) is 6.54 Å². The number of carbonyl (C=O) groups excluding carboxylic acids is 1. The highest BCUT2D eigenvalue weighted by atomic mass is 16.2. The second-order valence-corrected chi connectivity index (χ2v) is 8.18. The van der Waals surface area contributed by atoms with Gasteiger partial charge >= 0.3 is 0 Å². The van der Waals surface area contributed by atoms with Gasteiger partial charge in [0.1, 0.15) is 0 Å². The van der Waals surface area contributed by atoms with Crippen LogP contribution < -0.4 is 5.56 Å². The fourth-order valence-corrected chi connectivity index (χ4v) is 3.89. The number of aryl methyl sites for hydroxylation is 1. The number of amides is 1. The molecule has 2 aromatic heterocycles. The number of hydrogen-bond donors (Lipinski definition) is 2. The van der Waals surface area contributed by atoms with Crippen molar-refractivity contribution in [2.45, 2.75) is 39.7 Å². The Kier molecular flexibility index (Phi) is 4.34. The van der Waals surface area contributed by atoms with E-state index in [0.717, 1.165) is 28.6 Å². The van der Waals surface area contributed by atoms with Crippen LogP contribution in [0.25, 0.3) is 10.9 Å². The molecule has 0 atom stereocenters. The minimum Gasteiger partial charge on any atom is -0.338 e. The van der Waals surface area contributed by atoms with Crippen molar-refractivity contribution in [3.8, 4) is 0 Å². The molecule has 1 amide bonds. The molecule has 1 aliphatic heterocycles. The standard InChI is InChI=1S/C21H24N4O2/c1-21(2)10-18-16(11-22-24-18)12-25(13-21)19(26)8-7-15-9-14-5-3-4-6-17(14)23-20(15)27/h3-6,9,11H,7-8,10,12-13H2,1-2H3,(H,22,24)(H,23,27). The second kappa shape index (κ2) is 6.68. The van der Waals surface area contributed by atoms with Gasteiger partial charge in [0, 0.05) is 41.8 Å². The lowest BCUT2D eigenvalue weighted by Gasteiger charge is -2.29. The summed E-state index contributed by atoms with van der Waals surface area (Å²) in [6, 6.07) is 9.58. The second-order valence-electron chi connectivity index (χ2n) is 8.18. The van der Waals surface area contributed by atoms with Crippen LogP contribution in [0.4, 0.5) is 0 Å². The van der Waals surface area contributed by atoms with Gasteiger partial charge in [-0.15, -0.1) is 0 Å². The van der Waals surface area contributed by atoms with Crippen LogP contribution in [0.5, 0.6) is 0 Å². The lowest BCUT2D eigenvalue weighted by molar-refractivity contribution is -0.133. The van der Waals surface area contributed by atoms with Gasteiger partial charge in [0.05, 0.1) is 6.20 Å². The Labute approximate surface area is 157 Å². The maximum Gasteiger partial charge on any atom is 0.251 e. The lowest BCUT2D eigenvalue weighted by atomic mass is 9.87. The van der Waals surface area contributed by atoms with Gasteiger partial charge in [-0.2, -0.15) is 5.10 Å². The molecule has 0 radical (unpaired) electrons. The topological polar surface area (TPSA) is 81.8 Å². The van der Waals surface area contributed by atoms with E-state index in [4.69, 9.17) is 0 Å². The smallest absolute Gasteiger partial charge is 0.251 e. The Morgan fingerprint density at radius 1 is 1.30 bits per heavy atom. The third-order valence-corrected chi connectivity index (χ3v) is 5.23. The summed E-state index contributed by atoms with van der Waals surface area (Å²) in [5.74, 6) is 0.0738. The minimum absolute atomic E-state index is 0.0200. The number of nitrogens with one attached hydrogen (secondary N) is 2. The molecule has 1 aliphatic rings. The van der Waals surface area contributed by atoms with E-state index in [9.17, 15) is 9.59 Å². The highest BCUT2D eigenvalue weighted by Crippen LogP contribution is 2.29. The van der Waals surface area contributed by atoms with E-state index >= 15 is 0 Å². The molecular formula is C21H24N4O2. The highest BCUT2D eigenvalue weighted by Gasteiger charge is 2.31. The van der Waals surface area contributed by atoms with Crippen molar-refractivity contribution in [3.05, 3.63) is 63.7 Å². The summed E-state index contributed by atoms with van der Waals surface area (Å²) < 4.78 is 0. The fraction of sp³-hybridized carbons (Fsp3) is 0.381. The molecule has 0 aliphatic carbocycles. The number of aromatic nitrogens is 3. The first-order chi connectivity index (χ1) is 12.9. The van der Waals surface area contributed by atoms with Crippen LogP contribution in [0.2, 0.25) is 0 Å². The van der Waals surface area contributed by atoms with E-state index in [-0.39, 0.29) is 16.9 Å². The molecule has 4 rings (SSSR count). The summed E-state index contributed by atoms with van der Waals surface area (Å²) in [6.45, 7) is 5.60. The van der Waals surface area contributed by atoms with Crippen LogP contribution in [0, 0.1) is 5.41 Å². The monoisotopic (exact) mass is 364 g/mol. The molecule has 2 N–H and O–H groups in total. The Balaban J connectivity index is 1.51. The Bertz CT molecular complexity index is 1050. The molecule has 27 heavy (non-hydrogen) atoms. The lowest BCUT2D eigenvalue weighted by Crippen LogP contribution is -2.37. The van der Waals surface area contributed by atoms with E-state index < -0.39 is 0 Å². The zero-order valence-electron chi connectivity index (χ0n) is 15.7. The van der Waals surface area contributed by atoms with Crippen molar-refractivity contribution in [1.82, 2.24) is 20.1 Å². The van der Waals surface area contributed by atoms with Crippen LogP contribution in [-0.4, -0.2) is 32.5 Å². The van der Waals surface area contributed by atoms with Gasteiger partial charge in [-0.3, -0.25) is 14.7 Å². The minimum atomic E-state index is -0.116. The predicted octanol–water partition coefficient (Wildman–Crippen LogP) is 2.79. The average molecular weight is 364 g/mol. The van der Waals surface area contributed by atoms with Crippen LogP contribution in [0.3, 0.4) is 0 Å². The number of carbonyl (C=O) groups is 1. The Hall–Kier alpha value is -2.89. The molecule has 6 nitrogen and oxygen atoms in total. The molecular weight excluding hydrogens is 340 g/mol. The number of nitrogens with zero attached hydrogens (tertiary/aromatic N) is 2. The van der Waals surface area contributed by atoms with E-state index in [1.165, 1.54) is 0 Å². The molecule has 0 saturated heterocycles. The fourth-order valence-electron chi connectivity index (χ4n) is 3.89. The van der Waals surface area contributed by atoms with Gasteiger partial charge in [0.15, 0.2) is 0 Å². The summed E-state index contributed by atoms with van der Waals surface area (Å²) in [5, 5.41) is 8.18. The zero-order valence-corrected chi connectivity index (χ0v) is 15.7. The van der Waals surface area contributed by atoms with Crippen LogP contribution in [0.15, 0.2) is 41.3 Å². The first-order valence-corrected chi connectivity index (χ1v) is 9.31. The summed E-state index contributed by atoms with van der Waals surface area (Å²) >= 11 is 0. The molecule has 0 spiro atoms. The number of rotatable bonds is 3. The molecule has 0 saturated carbocycles. The number of benzene rings is 1. The van der Waals surface area contributed by atoms with Gasteiger partial charge in [-0.25, -0.2) is 0 Å².